The maximum atomic E-state index is 6.45. The molecule has 162 valence electrons. The third-order valence-corrected chi connectivity index (χ3v) is 6.50. The molecule has 0 bridgehead atoms. The number of rotatable bonds is 4. The Morgan fingerprint density at radius 2 is 1.12 bits per heavy atom. The summed E-state index contributed by atoms with van der Waals surface area (Å²) in [4.78, 5) is 2.29. The second kappa shape index (κ2) is 8.70. The molecule has 0 aliphatic carbocycles. The molecule has 0 aromatic heterocycles. The van der Waals surface area contributed by atoms with Crippen LogP contribution in [0, 0.1) is 0 Å². The maximum absolute atomic E-state index is 6.45. The van der Waals surface area contributed by atoms with Crippen LogP contribution < -0.4 is 4.90 Å². The molecule has 0 saturated heterocycles. The monoisotopic (exact) mass is 455 g/mol. The lowest BCUT2D eigenvalue weighted by Crippen LogP contribution is -2.10. The molecule has 0 aliphatic rings. The third-order valence-electron chi connectivity index (χ3n) is 6.26. The average Bonchev–Trinajstić information content (AvgIpc) is 2.89. The molecule has 0 fully saturated rings. The topological polar surface area (TPSA) is 3.24 Å². The van der Waals surface area contributed by atoms with Crippen LogP contribution in [0.2, 0.25) is 5.02 Å². The van der Waals surface area contributed by atoms with Crippen molar-refractivity contribution < 1.29 is 0 Å². The van der Waals surface area contributed by atoms with Gasteiger partial charge in [-0.3, -0.25) is 0 Å². The SMILES string of the molecule is Clc1cccc(N(c2ccccc2)c2cc(-c3cccc4ccccc34)cc3ccccc23)c1. The van der Waals surface area contributed by atoms with Crippen molar-refractivity contribution in [3.05, 3.63) is 138 Å². The summed E-state index contributed by atoms with van der Waals surface area (Å²) in [6, 6.07) is 46.8. The van der Waals surface area contributed by atoms with Crippen LogP contribution in [0.25, 0.3) is 32.7 Å². The largest absolute Gasteiger partial charge is 0.310 e. The second-order valence-electron chi connectivity index (χ2n) is 8.39. The molecule has 2 heteroatoms. The summed E-state index contributed by atoms with van der Waals surface area (Å²) < 4.78 is 0. The fourth-order valence-corrected chi connectivity index (χ4v) is 4.91. The summed E-state index contributed by atoms with van der Waals surface area (Å²) in [6.45, 7) is 0. The molecular weight excluding hydrogens is 434 g/mol. The number of hydrogen-bond donors (Lipinski definition) is 0. The zero-order valence-electron chi connectivity index (χ0n) is 18.5. The fourth-order valence-electron chi connectivity index (χ4n) is 4.73. The molecule has 0 radical (unpaired) electrons. The van der Waals surface area contributed by atoms with Crippen molar-refractivity contribution in [2.75, 3.05) is 4.90 Å². The number of halogens is 1. The van der Waals surface area contributed by atoms with Crippen molar-refractivity contribution in [1.82, 2.24) is 0 Å². The van der Waals surface area contributed by atoms with Crippen molar-refractivity contribution in [3.63, 3.8) is 0 Å². The van der Waals surface area contributed by atoms with E-state index >= 15 is 0 Å². The van der Waals surface area contributed by atoms with E-state index in [-0.39, 0.29) is 0 Å². The summed E-state index contributed by atoms with van der Waals surface area (Å²) in [5.74, 6) is 0. The smallest absolute Gasteiger partial charge is 0.0546 e. The molecule has 0 atom stereocenters. The standard InChI is InChI=1S/C32H22ClN/c33-26-13-9-16-28(22-26)34(27-14-2-1-3-15-27)32-21-25(20-24-11-5-7-18-31(24)32)30-19-8-12-23-10-4-6-17-29(23)30/h1-22H. The van der Waals surface area contributed by atoms with E-state index in [9.17, 15) is 0 Å². The number of hydrogen-bond acceptors (Lipinski definition) is 1. The van der Waals surface area contributed by atoms with Crippen LogP contribution in [0.3, 0.4) is 0 Å². The molecule has 0 heterocycles. The van der Waals surface area contributed by atoms with E-state index in [4.69, 9.17) is 11.6 Å². The Kier molecular flexibility index (Phi) is 5.25. The molecule has 6 aromatic rings. The molecule has 1 nitrogen and oxygen atoms in total. The van der Waals surface area contributed by atoms with Crippen LogP contribution in [-0.2, 0) is 0 Å². The number of benzene rings is 6. The van der Waals surface area contributed by atoms with Crippen LogP contribution in [0.1, 0.15) is 0 Å². The number of fused-ring (bicyclic) bond motifs is 2. The molecule has 6 aromatic carbocycles. The molecule has 6 rings (SSSR count). The van der Waals surface area contributed by atoms with Gasteiger partial charge < -0.3 is 4.90 Å². The van der Waals surface area contributed by atoms with Gasteiger partial charge in [0.05, 0.1) is 5.69 Å². The van der Waals surface area contributed by atoms with Crippen LogP contribution in [-0.4, -0.2) is 0 Å². The first kappa shape index (κ1) is 20.5. The zero-order valence-corrected chi connectivity index (χ0v) is 19.3. The maximum Gasteiger partial charge on any atom is 0.0546 e. The van der Waals surface area contributed by atoms with Crippen molar-refractivity contribution in [2.45, 2.75) is 0 Å². The normalized spacial score (nSPS) is 11.1. The Bertz CT molecular complexity index is 1620. The predicted octanol–water partition coefficient (Wildman–Crippen LogP) is 9.78. The quantitative estimate of drug-likeness (QED) is 0.255. The molecule has 0 unspecified atom stereocenters. The van der Waals surface area contributed by atoms with Crippen LogP contribution in [0.15, 0.2) is 133 Å². The summed E-state index contributed by atoms with van der Waals surface area (Å²) >= 11 is 6.45. The molecule has 0 aliphatic heterocycles. The van der Waals surface area contributed by atoms with Gasteiger partial charge in [-0.1, -0.05) is 103 Å². The van der Waals surface area contributed by atoms with Gasteiger partial charge in [-0.2, -0.15) is 0 Å². The van der Waals surface area contributed by atoms with Gasteiger partial charge in [0.25, 0.3) is 0 Å². The van der Waals surface area contributed by atoms with Crippen LogP contribution >= 0.6 is 11.6 Å². The molecule has 0 amide bonds. The van der Waals surface area contributed by atoms with Gasteiger partial charge in [0.2, 0.25) is 0 Å². The van der Waals surface area contributed by atoms with Gasteiger partial charge in [-0.15, -0.1) is 0 Å². The minimum atomic E-state index is 0.716. The van der Waals surface area contributed by atoms with Gasteiger partial charge in [0, 0.05) is 21.8 Å². The first-order valence-corrected chi connectivity index (χ1v) is 11.8. The van der Waals surface area contributed by atoms with E-state index in [0.29, 0.717) is 5.02 Å². The van der Waals surface area contributed by atoms with Crippen LogP contribution in [0.4, 0.5) is 17.1 Å². The lowest BCUT2D eigenvalue weighted by molar-refractivity contribution is 1.30. The minimum Gasteiger partial charge on any atom is -0.310 e. The Labute approximate surface area is 204 Å². The molecule has 0 N–H and O–H groups in total. The summed E-state index contributed by atoms with van der Waals surface area (Å²) in [7, 11) is 0. The third kappa shape index (κ3) is 3.71. The first-order valence-electron chi connectivity index (χ1n) is 11.4. The summed E-state index contributed by atoms with van der Waals surface area (Å²) in [5.41, 5.74) is 5.65. The number of nitrogens with zero attached hydrogens (tertiary/aromatic N) is 1. The lowest BCUT2D eigenvalue weighted by atomic mass is 9.94. The van der Waals surface area contributed by atoms with Crippen molar-refractivity contribution in [2.24, 2.45) is 0 Å². The van der Waals surface area contributed by atoms with Gasteiger partial charge in [0.15, 0.2) is 0 Å². The van der Waals surface area contributed by atoms with E-state index in [1.54, 1.807) is 0 Å². The highest BCUT2D eigenvalue weighted by Gasteiger charge is 2.17. The molecule has 0 saturated carbocycles. The molecule has 34 heavy (non-hydrogen) atoms. The highest BCUT2D eigenvalue weighted by Crippen LogP contribution is 2.42. The highest BCUT2D eigenvalue weighted by molar-refractivity contribution is 6.30. The fraction of sp³-hybridized carbons (Fsp3) is 0. The lowest BCUT2D eigenvalue weighted by Gasteiger charge is -2.28. The van der Waals surface area contributed by atoms with E-state index in [1.807, 2.05) is 24.3 Å². The Hall–Kier alpha value is -4.07. The molecular formula is C32H22ClN. The van der Waals surface area contributed by atoms with Crippen molar-refractivity contribution in [1.29, 1.82) is 0 Å². The van der Waals surface area contributed by atoms with Crippen molar-refractivity contribution >= 4 is 50.2 Å². The Balaban J connectivity index is 1.67. The van der Waals surface area contributed by atoms with Gasteiger partial charge >= 0.3 is 0 Å². The highest BCUT2D eigenvalue weighted by atomic mass is 35.5. The van der Waals surface area contributed by atoms with Crippen LogP contribution in [0.5, 0.6) is 0 Å². The van der Waals surface area contributed by atoms with Crippen molar-refractivity contribution in [3.8, 4) is 11.1 Å². The summed E-state index contributed by atoms with van der Waals surface area (Å²) in [6.07, 6.45) is 0. The number of anilines is 3. The zero-order chi connectivity index (χ0) is 22.9. The van der Waals surface area contributed by atoms with Gasteiger partial charge in [-0.05, 0) is 69.8 Å². The Morgan fingerprint density at radius 1 is 0.471 bits per heavy atom. The summed E-state index contributed by atoms with van der Waals surface area (Å²) in [5, 5.41) is 5.60. The first-order chi connectivity index (χ1) is 16.8. The number of para-hydroxylation sites is 1. The van der Waals surface area contributed by atoms with E-state index in [2.05, 4.69) is 114 Å². The van der Waals surface area contributed by atoms with Gasteiger partial charge in [-0.25, -0.2) is 0 Å². The Morgan fingerprint density at radius 3 is 1.94 bits per heavy atom. The molecule has 0 spiro atoms. The predicted molar refractivity (Wildman–Crippen MR) is 147 cm³/mol. The second-order valence-corrected chi connectivity index (χ2v) is 8.83. The van der Waals surface area contributed by atoms with E-state index in [1.165, 1.54) is 32.7 Å². The van der Waals surface area contributed by atoms with E-state index < -0.39 is 0 Å². The van der Waals surface area contributed by atoms with Gasteiger partial charge in [0.1, 0.15) is 0 Å². The van der Waals surface area contributed by atoms with E-state index in [0.717, 1.165) is 17.1 Å². The minimum absolute atomic E-state index is 0.716. The average molecular weight is 456 g/mol.